The van der Waals surface area contributed by atoms with Gasteiger partial charge in [0.2, 0.25) is 0 Å². The molecule has 0 aliphatic rings. The lowest BCUT2D eigenvalue weighted by molar-refractivity contribution is 0.0996. The van der Waals surface area contributed by atoms with Crippen molar-refractivity contribution in [2.75, 3.05) is 0 Å². The Bertz CT molecular complexity index is 1190. The number of azide groups is 1. The van der Waals surface area contributed by atoms with E-state index in [1.807, 2.05) is 60.7 Å². The number of hydrogen-bond acceptors (Lipinski definition) is 4. The Balaban J connectivity index is 2.05. The zero-order valence-corrected chi connectivity index (χ0v) is 14.3. The van der Waals surface area contributed by atoms with Gasteiger partial charge >= 0.3 is 0 Å². The number of benzene rings is 2. The molecule has 2 aromatic carbocycles. The average Bonchev–Trinajstić information content (AvgIpc) is 3.04. The van der Waals surface area contributed by atoms with Crippen LogP contribution in [0.1, 0.15) is 16.2 Å². The van der Waals surface area contributed by atoms with Gasteiger partial charge in [0.25, 0.3) is 5.91 Å². The minimum absolute atomic E-state index is 0.00205. The molecule has 8 nitrogen and oxygen atoms in total. The van der Waals surface area contributed by atoms with Crippen molar-refractivity contribution in [2.45, 2.75) is 6.92 Å². The summed E-state index contributed by atoms with van der Waals surface area (Å²) in [5.41, 5.74) is 12.2. The van der Waals surface area contributed by atoms with Crippen molar-refractivity contribution in [3.8, 4) is 16.9 Å². The van der Waals surface area contributed by atoms with Crippen LogP contribution in [0.15, 0.2) is 65.8 Å². The summed E-state index contributed by atoms with van der Waals surface area (Å²) in [6, 6.07) is 18.7. The largest absolute Gasteiger partial charge is 0.285 e. The van der Waals surface area contributed by atoms with Crippen LogP contribution < -0.4 is 0 Å². The number of hydrogen-bond donors (Lipinski definition) is 0. The smallest absolute Gasteiger partial charge is 0.269 e. The standard InChI is InChI=1S/C19H13N7O/c1-12-15-18(26(24-12)14-10-6-3-7-11-14)22-16(13-8-4-2-5-9-13)17(21-15)19(27)23-25-20/h2-11H,1H3. The number of rotatable bonds is 3. The average molecular weight is 355 g/mol. The molecule has 4 rings (SSSR count). The Morgan fingerprint density at radius 2 is 1.70 bits per heavy atom. The fourth-order valence-electron chi connectivity index (χ4n) is 2.85. The Kier molecular flexibility index (Phi) is 4.08. The predicted octanol–water partition coefficient (Wildman–Crippen LogP) is 4.24. The number of amides is 1. The number of para-hydroxylation sites is 1. The van der Waals surface area contributed by atoms with Crippen molar-refractivity contribution in [3.63, 3.8) is 0 Å². The third-order valence-corrected chi connectivity index (χ3v) is 4.06. The third-order valence-electron chi connectivity index (χ3n) is 4.06. The van der Waals surface area contributed by atoms with Gasteiger partial charge in [-0.25, -0.2) is 14.6 Å². The Morgan fingerprint density at radius 1 is 1.04 bits per heavy atom. The van der Waals surface area contributed by atoms with Gasteiger partial charge in [-0.1, -0.05) is 48.5 Å². The summed E-state index contributed by atoms with van der Waals surface area (Å²) in [5.74, 6) is -0.780. The van der Waals surface area contributed by atoms with Crippen LogP contribution in [0.2, 0.25) is 0 Å². The maximum absolute atomic E-state index is 12.3. The molecular weight excluding hydrogens is 342 g/mol. The van der Waals surface area contributed by atoms with E-state index in [2.05, 4.69) is 25.1 Å². The highest BCUT2D eigenvalue weighted by molar-refractivity contribution is 6.00. The first kappa shape index (κ1) is 16.4. The molecule has 0 fully saturated rings. The van der Waals surface area contributed by atoms with E-state index in [4.69, 9.17) is 5.53 Å². The molecule has 0 aliphatic heterocycles. The van der Waals surface area contributed by atoms with Crippen LogP contribution in [0.5, 0.6) is 0 Å². The Morgan fingerprint density at radius 3 is 2.37 bits per heavy atom. The zero-order chi connectivity index (χ0) is 18.8. The second-order valence-electron chi connectivity index (χ2n) is 5.79. The molecule has 2 heterocycles. The molecule has 8 heteroatoms. The lowest BCUT2D eigenvalue weighted by Gasteiger charge is -2.07. The van der Waals surface area contributed by atoms with Crippen molar-refractivity contribution in [1.29, 1.82) is 0 Å². The molecule has 0 saturated heterocycles. The summed E-state index contributed by atoms with van der Waals surface area (Å²) in [7, 11) is 0. The number of aromatic nitrogens is 4. The van der Waals surface area contributed by atoms with Crippen molar-refractivity contribution in [2.24, 2.45) is 5.11 Å². The normalized spacial score (nSPS) is 10.6. The fraction of sp³-hybridized carbons (Fsp3) is 0.0526. The van der Waals surface area contributed by atoms with Gasteiger partial charge in [0, 0.05) is 10.5 Å². The summed E-state index contributed by atoms with van der Waals surface area (Å²) in [5, 5.41) is 7.71. The molecular formula is C19H13N7O. The second-order valence-corrected chi connectivity index (χ2v) is 5.79. The van der Waals surface area contributed by atoms with Gasteiger partial charge in [-0.3, -0.25) is 4.79 Å². The summed E-state index contributed by atoms with van der Waals surface area (Å²) in [6.07, 6.45) is 0. The number of carbonyl (C=O) groups excluding carboxylic acids is 1. The van der Waals surface area contributed by atoms with Crippen LogP contribution in [0.25, 0.3) is 38.6 Å². The summed E-state index contributed by atoms with van der Waals surface area (Å²) in [6.45, 7) is 1.79. The van der Waals surface area contributed by atoms with E-state index in [1.54, 1.807) is 11.6 Å². The SMILES string of the molecule is Cc1nn(-c2ccccc2)c2nc(-c3ccccc3)c(C(=O)N=[N+]=[N-])nc12. The molecule has 2 aromatic heterocycles. The molecule has 1 amide bonds. The molecule has 0 aliphatic carbocycles. The molecule has 0 bridgehead atoms. The fourth-order valence-corrected chi connectivity index (χ4v) is 2.85. The summed E-state index contributed by atoms with van der Waals surface area (Å²) < 4.78 is 1.69. The monoisotopic (exact) mass is 355 g/mol. The second kappa shape index (κ2) is 6.70. The molecule has 0 spiro atoms. The van der Waals surface area contributed by atoms with Gasteiger partial charge in [0.1, 0.15) is 16.9 Å². The molecule has 0 saturated carbocycles. The number of aryl methyl sites for hydroxylation is 1. The lowest BCUT2D eigenvalue weighted by atomic mass is 10.1. The first-order chi connectivity index (χ1) is 13.2. The quantitative estimate of drug-likeness (QED) is 0.311. The van der Waals surface area contributed by atoms with E-state index in [0.717, 1.165) is 5.69 Å². The maximum atomic E-state index is 12.3. The molecule has 0 N–H and O–H groups in total. The topological polar surface area (TPSA) is 109 Å². The minimum atomic E-state index is -0.780. The maximum Gasteiger partial charge on any atom is 0.269 e. The van der Waals surface area contributed by atoms with Crippen molar-refractivity contribution < 1.29 is 4.79 Å². The lowest BCUT2D eigenvalue weighted by Crippen LogP contribution is -2.06. The van der Waals surface area contributed by atoms with Crippen LogP contribution in [0, 0.1) is 6.92 Å². The van der Waals surface area contributed by atoms with Gasteiger partial charge in [-0.15, -0.1) is 0 Å². The molecule has 0 radical (unpaired) electrons. The number of carbonyl (C=O) groups is 1. The van der Waals surface area contributed by atoms with E-state index < -0.39 is 5.91 Å². The molecule has 130 valence electrons. The van der Waals surface area contributed by atoms with Crippen molar-refractivity contribution >= 4 is 17.1 Å². The number of nitrogens with zero attached hydrogens (tertiary/aromatic N) is 7. The van der Waals surface area contributed by atoms with Crippen molar-refractivity contribution in [3.05, 3.63) is 82.5 Å². The van der Waals surface area contributed by atoms with Crippen LogP contribution >= 0.6 is 0 Å². The first-order valence-electron chi connectivity index (χ1n) is 8.16. The summed E-state index contributed by atoms with van der Waals surface area (Å²) >= 11 is 0. The molecule has 4 aromatic rings. The highest BCUT2D eigenvalue weighted by atomic mass is 16.1. The molecule has 0 atom stereocenters. The molecule has 0 unspecified atom stereocenters. The van der Waals surface area contributed by atoms with E-state index in [-0.39, 0.29) is 5.69 Å². The van der Waals surface area contributed by atoms with Gasteiger partial charge in [0.05, 0.1) is 11.4 Å². The van der Waals surface area contributed by atoms with Gasteiger partial charge < -0.3 is 0 Å². The first-order valence-corrected chi connectivity index (χ1v) is 8.16. The molecule has 27 heavy (non-hydrogen) atoms. The highest BCUT2D eigenvalue weighted by Crippen LogP contribution is 2.26. The summed E-state index contributed by atoms with van der Waals surface area (Å²) in [4.78, 5) is 24.0. The van der Waals surface area contributed by atoms with E-state index in [0.29, 0.717) is 28.1 Å². The van der Waals surface area contributed by atoms with Gasteiger partial charge in [-0.05, 0) is 29.7 Å². The minimum Gasteiger partial charge on any atom is -0.285 e. The van der Waals surface area contributed by atoms with Crippen LogP contribution in [-0.2, 0) is 0 Å². The predicted molar refractivity (Wildman–Crippen MR) is 100 cm³/mol. The van der Waals surface area contributed by atoms with Crippen LogP contribution in [0.3, 0.4) is 0 Å². The number of fused-ring (bicyclic) bond motifs is 1. The zero-order valence-electron chi connectivity index (χ0n) is 14.3. The van der Waals surface area contributed by atoms with Crippen LogP contribution in [-0.4, -0.2) is 25.7 Å². The Labute approximate surface area is 153 Å². The van der Waals surface area contributed by atoms with Crippen LogP contribution in [0.4, 0.5) is 0 Å². The van der Waals surface area contributed by atoms with Gasteiger partial charge in [0.15, 0.2) is 5.65 Å². The van der Waals surface area contributed by atoms with E-state index in [1.165, 1.54) is 0 Å². The van der Waals surface area contributed by atoms with E-state index >= 15 is 0 Å². The van der Waals surface area contributed by atoms with Crippen molar-refractivity contribution in [1.82, 2.24) is 19.7 Å². The highest BCUT2D eigenvalue weighted by Gasteiger charge is 2.21. The Hall–Kier alpha value is -4.03. The van der Waals surface area contributed by atoms with Gasteiger partial charge in [-0.2, -0.15) is 5.10 Å². The third kappa shape index (κ3) is 2.90. The van der Waals surface area contributed by atoms with E-state index in [9.17, 15) is 4.79 Å².